The van der Waals surface area contributed by atoms with Crippen LogP contribution >= 0.6 is 0 Å². The van der Waals surface area contributed by atoms with Gasteiger partial charge in [0.05, 0.1) is 17.6 Å². The molecule has 2 fully saturated rings. The Hall–Kier alpha value is -1.96. The third-order valence-corrected chi connectivity index (χ3v) is 6.10. The van der Waals surface area contributed by atoms with E-state index in [4.69, 9.17) is 18.9 Å². The van der Waals surface area contributed by atoms with E-state index >= 15 is 0 Å². The summed E-state index contributed by atoms with van der Waals surface area (Å²) in [4.78, 5) is 24.8. The van der Waals surface area contributed by atoms with Gasteiger partial charge in [0.15, 0.2) is 5.60 Å². The Kier molecular flexibility index (Phi) is 3.77. The highest BCUT2D eigenvalue weighted by Crippen LogP contribution is 2.45. The normalized spacial score (nSPS) is 50.0. The first-order valence-corrected chi connectivity index (χ1v) is 9.08. The predicted octanol–water partition coefficient (Wildman–Crippen LogP) is 1.56. The van der Waals surface area contributed by atoms with Crippen molar-refractivity contribution in [3.05, 3.63) is 36.0 Å². The minimum absolute atomic E-state index is 0.229. The van der Waals surface area contributed by atoms with Crippen molar-refractivity contribution in [2.45, 2.75) is 69.4 Å². The van der Waals surface area contributed by atoms with E-state index in [1.165, 1.54) is 0 Å². The van der Waals surface area contributed by atoms with Crippen molar-refractivity contribution in [3.63, 3.8) is 0 Å². The molecule has 0 radical (unpaired) electrons. The summed E-state index contributed by atoms with van der Waals surface area (Å²) >= 11 is 0. The number of esters is 2. The van der Waals surface area contributed by atoms with Crippen LogP contribution in [0.4, 0.5) is 0 Å². The summed E-state index contributed by atoms with van der Waals surface area (Å²) in [6.07, 6.45) is 3.54. The summed E-state index contributed by atoms with van der Waals surface area (Å²) in [6.45, 7) is 10.8. The highest BCUT2D eigenvalue weighted by atomic mass is 16.7. The zero-order valence-corrected chi connectivity index (χ0v) is 15.9. The van der Waals surface area contributed by atoms with Crippen LogP contribution in [0.5, 0.6) is 0 Å². The zero-order valence-electron chi connectivity index (χ0n) is 15.9. The maximum absolute atomic E-state index is 12.7. The Morgan fingerprint density at radius 1 is 1.37 bits per heavy atom. The molecule has 146 valence electrons. The number of fused-ring (bicyclic) bond motifs is 3. The van der Waals surface area contributed by atoms with Crippen LogP contribution in [0.15, 0.2) is 36.0 Å². The Labute approximate surface area is 157 Å². The molecule has 0 aromatic carbocycles. The van der Waals surface area contributed by atoms with Gasteiger partial charge < -0.3 is 24.1 Å². The Bertz CT molecular complexity index is 798. The lowest BCUT2D eigenvalue weighted by Crippen LogP contribution is -2.42. The van der Waals surface area contributed by atoms with E-state index in [0.29, 0.717) is 5.57 Å². The van der Waals surface area contributed by atoms with Crippen molar-refractivity contribution in [1.29, 1.82) is 0 Å². The molecule has 4 rings (SSSR count). The van der Waals surface area contributed by atoms with Crippen molar-refractivity contribution in [2.75, 3.05) is 0 Å². The van der Waals surface area contributed by atoms with Crippen molar-refractivity contribution in [2.24, 2.45) is 5.92 Å². The standard InChI is InChI=1S/C20H24O7/c1-10-8-13-15(11(2)16(21)24-13)14(25-17(22)19(5)12(3)26-19)9-18(4)6-7-20(10,23)27-18/h6-8,12-15,23H,2,9H2,1,3-5H3/b10-8-/t12-,13-,14-,15+,18+,19-,20-/m1/s1. The number of rotatable bonds is 2. The molecule has 27 heavy (non-hydrogen) atoms. The lowest BCUT2D eigenvalue weighted by molar-refractivity contribution is -0.190. The van der Waals surface area contributed by atoms with Gasteiger partial charge in [-0.05, 0) is 45.4 Å². The highest BCUT2D eigenvalue weighted by molar-refractivity contribution is 5.91. The quantitative estimate of drug-likeness (QED) is 0.338. The van der Waals surface area contributed by atoms with Crippen molar-refractivity contribution < 1.29 is 33.6 Å². The van der Waals surface area contributed by atoms with Crippen LogP contribution in [0.2, 0.25) is 0 Å². The van der Waals surface area contributed by atoms with Crippen molar-refractivity contribution >= 4 is 11.9 Å². The van der Waals surface area contributed by atoms with Gasteiger partial charge in [0.1, 0.15) is 12.2 Å². The van der Waals surface area contributed by atoms with E-state index in [-0.39, 0.29) is 18.1 Å². The van der Waals surface area contributed by atoms with Crippen LogP contribution < -0.4 is 0 Å². The van der Waals surface area contributed by atoms with Gasteiger partial charge in [0.2, 0.25) is 5.79 Å². The number of hydrogen-bond donors (Lipinski definition) is 1. The first kappa shape index (κ1) is 18.4. The summed E-state index contributed by atoms with van der Waals surface area (Å²) in [5.41, 5.74) is -1.13. The third-order valence-electron chi connectivity index (χ3n) is 6.10. The van der Waals surface area contributed by atoms with Crippen LogP contribution in [-0.4, -0.2) is 52.3 Å². The molecule has 0 amide bonds. The SMILES string of the molecule is C=C1C(=O)O[C@@H]2/C=C(/C)[C@@]3(O)C=C[C@@](C)(C[C@@H](OC(=O)[C@]4(C)O[C@@H]4C)[C@@H]12)O3. The monoisotopic (exact) mass is 376 g/mol. The summed E-state index contributed by atoms with van der Waals surface area (Å²) < 4.78 is 22.5. The molecule has 4 aliphatic rings. The first-order valence-electron chi connectivity index (χ1n) is 9.08. The topological polar surface area (TPSA) is 94.6 Å². The Morgan fingerprint density at radius 2 is 2.04 bits per heavy atom. The van der Waals surface area contributed by atoms with Gasteiger partial charge in [-0.25, -0.2) is 9.59 Å². The molecular formula is C20H24O7. The second-order valence-electron chi connectivity index (χ2n) is 8.23. The Balaban J connectivity index is 1.72. The minimum atomic E-state index is -1.59. The van der Waals surface area contributed by atoms with Gasteiger partial charge in [-0.15, -0.1) is 0 Å². The van der Waals surface area contributed by atoms with E-state index in [1.807, 2.05) is 0 Å². The third kappa shape index (κ3) is 2.76. The molecule has 1 N–H and O–H groups in total. The molecule has 0 aliphatic carbocycles. The average molecular weight is 376 g/mol. The lowest BCUT2D eigenvalue weighted by atomic mass is 9.83. The van der Waals surface area contributed by atoms with Gasteiger partial charge in [-0.1, -0.05) is 12.7 Å². The van der Waals surface area contributed by atoms with Gasteiger partial charge >= 0.3 is 11.9 Å². The maximum Gasteiger partial charge on any atom is 0.341 e. The summed E-state index contributed by atoms with van der Waals surface area (Å²) in [5, 5.41) is 10.8. The van der Waals surface area contributed by atoms with Crippen molar-refractivity contribution in [3.8, 4) is 0 Å². The molecule has 0 aromatic heterocycles. The molecule has 2 saturated heterocycles. The lowest BCUT2D eigenvalue weighted by Gasteiger charge is -2.33. The molecule has 0 aromatic rings. The molecule has 7 heteroatoms. The summed E-state index contributed by atoms with van der Waals surface area (Å²) in [5.74, 6) is -3.18. The fraction of sp³-hybridized carbons (Fsp3) is 0.600. The minimum Gasteiger partial charge on any atom is -0.459 e. The first-order chi connectivity index (χ1) is 12.5. The van der Waals surface area contributed by atoms with E-state index in [0.717, 1.165) is 0 Å². The van der Waals surface area contributed by atoms with Gasteiger partial charge in [-0.2, -0.15) is 0 Å². The van der Waals surface area contributed by atoms with Crippen LogP contribution in [0.1, 0.15) is 34.1 Å². The molecule has 0 spiro atoms. The van der Waals surface area contributed by atoms with E-state index in [2.05, 4.69) is 6.58 Å². The Morgan fingerprint density at radius 3 is 2.67 bits per heavy atom. The molecule has 4 heterocycles. The van der Waals surface area contributed by atoms with E-state index in [1.54, 1.807) is 45.9 Å². The number of ether oxygens (including phenoxy) is 4. The highest BCUT2D eigenvalue weighted by Gasteiger charge is 2.59. The predicted molar refractivity (Wildman–Crippen MR) is 93.3 cm³/mol. The fourth-order valence-corrected chi connectivity index (χ4v) is 4.02. The molecule has 2 bridgehead atoms. The van der Waals surface area contributed by atoms with Gasteiger partial charge in [-0.3, -0.25) is 0 Å². The van der Waals surface area contributed by atoms with Crippen LogP contribution in [0.3, 0.4) is 0 Å². The maximum atomic E-state index is 12.7. The molecule has 0 unspecified atom stereocenters. The molecule has 7 nitrogen and oxygen atoms in total. The van der Waals surface area contributed by atoms with E-state index in [9.17, 15) is 14.7 Å². The molecule has 4 aliphatic heterocycles. The summed E-state index contributed by atoms with van der Waals surface area (Å²) in [7, 11) is 0. The molecule has 0 saturated carbocycles. The second kappa shape index (κ2) is 5.53. The fourth-order valence-electron chi connectivity index (χ4n) is 4.02. The van der Waals surface area contributed by atoms with Crippen molar-refractivity contribution in [1.82, 2.24) is 0 Å². The van der Waals surface area contributed by atoms with E-state index < -0.39 is 47.1 Å². The molecular weight excluding hydrogens is 352 g/mol. The van der Waals surface area contributed by atoms with Gasteiger partial charge in [0.25, 0.3) is 0 Å². The number of aliphatic hydroxyl groups is 1. The molecule has 7 atom stereocenters. The zero-order chi connectivity index (χ0) is 19.8. The average Bonchev–Trinajstić information content (AvgIpc) is 2.91. The number of hydrogen-bond acceptors (Lipinski definition) is 7. The van der Waals surface area contributed by atoms with Crippen LogP contribution in [-0.2, 0) is 28.5 Å². The smallest absolute Gasteiger partial charge is 0.341 e. The number of carbonyl (C=O) groups excluding carboxylic acids is 2. The number of epoxide rings is 1. The second-order valence-corrected chi connectivity index (χ2v) is 8.23. The van der Waals surface area contributed by atoms with Crippen LogP contribution in [0.25, 0.3) is 0 Å². The van der Waals surface area contributed by atoms with Crippen LogP contribution in [0, 0.1) is 5.92 Å². The van der Waals surface area contributed by atoms with Gasteiger partial charge in [0, 0.05) is 12.0 Å². The summed E-state index contributed by atoms with van der Waals surface area (Å²) in [6, 6.07) is 0. The largest absolute Gasteiger partial charge is 0.459 e. The number of carbonyl (C=O) groups is 2.